The van der Waals surface area contributed by atoms with E-state index in [4.69, 9.17) is 9.15 Å². The number of phenolic OH excluding ortho intramolecular Hbond substituents is 1. The molecule has 2 heterocycles. The molecule has 0 unspecified atom stereocenters. The molecule has 0 saturated heterocycles. The Bertz CT molecular complexity index is 1390. The zero-order valence-electron chi connectivity index (χ0n) is 21.0. The first-order valence-electron chi connectivity index (χ1n) is 12.1. The second-order valence-electron chi connectivity index (χ2n) is 9.76. The van der Waals surface area contributed by atoms with Crippen LogP contribution in [0.15, 0.2) is 63.3 Å². The summed E-state index contributed by atoms with van der Waals surface area (Å²) in [6, 6.07) is 10.7. The second kappa shape index (κ2) is 9.57. The Kier molecular flexibility index (Phi) is 6.70. The van der Waals surface area contributed by atoms with Crippen molar-refractivity contribution in [2.75, 3.05) is 0 Å². The first-order valence-corrected chi connectivity index (χ1v) is 12.1. The number of benzene rings is 2. The quantitative estimate of drug-likeness (QED) is 0.222. The second-order valence-corrected chi connectivity index (χ2v) is 9.76. The van der Waals surface area contributed by atoms with Crippen molar-refractivity contribution < 1.29 is 19.1 Å². The maximum Gasteiger partial charge on any atom is 0.336 e. The van der Waals surface area contributed by atoms with Crippen LogP contribution in [0.3, 0.4) is 0 Å². The molecule has 4 rings (SSSR count). The maximum absolute atomic E-state index is 13.6. The van der Waals surface area contributed by atoms with Crippen LogP contribution in [0.5, 0.6) is 11.5 Å². The molecule has 2 atom stereocenters. The molecule has 182 valence electrons. The number of ketones is 1. The first-order chi connectivity index (χ1) is 16.6. The van der Waals surface area contributed by atoms with E-state index in [1.807, 2.05) is 63.3 Å². The van der Waals surface area contributed by atoms with Gasteiger partial charge in [-0.05, 0) is 57.7 Å². The van der Waals surface area contributed by atoms with Gasteiger partial charge >= 0.3 is 5.63 Å². The molecule has 1 aliphatic heterocycles. The molecule has 5 heteroatoms. The Balaban J connectivity index is 2.02. The monoisotopic (exact) mass is 472 g/mol. The Morgan fingerprint density at radius 3 is 2.57 bits per heavy atom. The van der Waals surface area contributed by atoms with Crippen molar-refractivity contribution in [3.63, 3.8) is 0 Å². The third-order valence-electron chi connectivity index (χ3n) is 6.67. The average Bonchev–Trinajstić information content (AvgIpc) is 2.83. The normalized spacial score (nSPS) is 17.5. The van der Waals surface area contributed by atoms with Crippen molar-refractivity contribution in [3.8, 4) is 22.6 Å². The van der Waals surface area contributed by atoms with Crippen LogP contribution in [0.2, 0.25) is 0 Å². The minimum absolute atomic E-state index is 0.144. The number of allylic oxidation sites excluding steroid dienone is 2. The summed E-state index contributed by atoms with van der Waals surface area (Å²) in [6.07, 6.45) is 8.06. The predicted molar refractivity (Wildman–Crippen MR) is 140 cm³/mol. The molecule has 5 nitrogen and oxygen atoms in total. The van der Waals surface area contributed by atoms with Gasteiger partial charge in [-0.1, -0.05) is 55.8 Å². The Morgan fingerprint density at radius 1 is 1.20 bits per heavy atom. The van der Waals surface area contributed by atoms with E-state index >= 15 is 0 Å². The van der Waals surface area contributed by atoms with E-state index in [-0.39, 0.29) is 34.3 Å². The van der Waals surface area contributed by atoms with Gasteiger partial charge in [-0.3, -0.25) is 4.79 Å². The fourth-order valence-electron chi connectivity index (χ4n) is 4.46. The van der Waals surface area contributed by atoms with Gasteiger partial charge in [-0.15, -0.1) is 0 Å². The van der Waals surface area contributed by atoms with Crippen molar-refractivity contribution in [3.05, 3.63) is 75.7 Å². The van der Waals surface area contributed by atoms with Crippen molar-refractivity contribution in [1.82, 2.24) is 0 Å². The average molecular weight is 473 g/mol. The van der Waals surface area contributed by atoms with Crippen molar-refractivity contribution >= 4 is 22.8 Å². The minimum Gasteiger partial charge on any atom is -0.506 e. The van der Waals surface area contributed by atoms with E-state index < -0.39 is 11.2 Å². The van der Waals surface area contributed by atoms with Crippen LogP contribution in [-0.4, -0.2) is 16.5 Å². The smallest absolute Gasteiger partial charge is 0.336 e. The summed E-state index contributed by atoms with van der Waals surface area (Å²) in [5.41, 5.74) is 2.12. The van der Waals surface area contributed by atoms with E-state index in [0.717, 1.165) is 12.0 Å². The molecule has 0 bridgehead atoms. The van der Waals surface area contributed by atoms with E-state index in [0.29, 0.717) is 29.4 Å². The standard InChI is InChI=1S/C30H32O5/c1-6-19(4)26(32)25-27(33)24-22(20-12-8-7-9-13-20)17-23(31)34-28(24)21-14-16-30(5,35-29(21)25)15-10-11-18(2)3/h7-9,11-14,16-17,19,33H,6,10,15H2,1-5H3/t19-,30+/m0/s1. The molecule has 35 heavy (non-hydrogen) atoms. The summed E-state index contributed by atoms with van der Waals surface area (Å²) in [6.45, 7) is 9.84. The van der Waals surface area contributed by atoms with Gasteiger partial charge in [0.2, 0.25) is 0 Å². The van der Waals surface area contributed by atoms with Crippen molar-refractivity contribution in [2.45, 2.75) is 59.5 Å². The third-order valence-corrected chi connectivity index (χ3v) is 6.67. The lowest BCUT2D eigenvalue weighted by Crippen LogP contribution is -2.33. The molecule has 0 aliphatic carbocycles. The first kappa shape index (κ1) is 24.5. The van der Waals surface area contributed by atoms with Crippen LogP contribution in [-0.2, 0) is 0 Å². The minimum atomic E-state index is -0.680. The highest BCUT2D eigenvalue weighted by Crippen LogP contribution is 2.48. The number of carbonyl (C=O) groups is 1. The summed E-state index contributed by atoms with van der Waals surface area (Å²) in [5, 5.41) is 11.9. The number of hydrogen-bond donors (Lipinski definition) is 1. The molecule has 1 aromatic heterocycles. The van der Waals surface area contributed by atoms with Gasteiger partial charge in [0.05, 0.1) is 10.9 Å². The number of phenols is 1. The van der Waals surface area contributed by atoms with Gasteiger partial charge in [-0.2, -0.15) is 0 Å². The number of aromatic hydroxyl groups is 1. The number of ether oxygens (including phenoxy) is 1. The highest BCUT2D eigenvalue weighted by Gasteiger charge is 2.36. The number of fused-ring (bicyclic) bond motifs is 3. The highest BCUT2D eigenvalue weighted by atomic mass is 16.5. The Morgan fingerprint density at radius 2 is 1.91 bits per heavy atom. The zero-order valence-corrected chi connectivity index (χ0v) is 21.0. The number of hydrogen-bond acceptors (Lipinski definition) is 5. The number of Topliss-reactive ketones (excluding diaryl/α,β-unsaturated/α-hetero) is 1. The van der Waals surface area contributed by atoms with Gasteiger partial charge in [0.1, 0.15) is 22.7 Å². The van der Waals surface area contributed by atoms with Crippen molar-refractivity contribution in [1.29, 1.82) is 0 Å². The Hall–Kier alpha value is -3.60. The molecule has 0 fully saturated rings. The van der Waals surface area contributed by atoms with E-state index in [2.05, 4.69) is 19.9 Å². The zero-order chi connectivity index (χ0) is 25.3. The summed E-state index contributed by atoms with van der Waals surface area (Å²) < 4.78 is 12.1. The summed E-state index contributed by atoms with van der Waals surface area (Å²) in [4.78, 5) is 26.2. The van der Waals surface area contributed by atoms with Crippen molar-refractivity contribution in [2.24, 2.45) is 5.92 Å². The van der Waals surface area contributed by atoms with E-state index in [1.165, 1.54) is 11.6 Å². The lowest BCUT2D eigenvalue weighted by atomic mass is 9.87. The highest BCUT2D eigenvalue weighted by molar-refractivity contribution is 6.13. The molecule has 1 N–H and O–H groups in total. The fourth-order valence-corrected chi connectivity index (χ4v) is 4.46. The largest absolute Gasteiger partial charge is 0.506 e. The van der Waals surface area contributed by atoms with Crippen LogP contribution < -0.4 is 10.4 Å². The maximum atomic E-state index is 13.6. The predicted octanol–water partition coefficient (Wildman–Crippen LogP) is 7.31. The van der Waals surface area contributed by atoms with Crippen LogP contribution in [0, 0.1) is 5.92 Å². The lowest BCUT2D eigenvalue weighted by Gasteiger charge is -2.33. The van der Waals surface area contributed by atoms with Gasteiger partial charge in [0, 0.05) is 17.5 Å². The van der Waals surface area contributed by atoms with Crippen LogP contribution in [0.1, 0.15) is 69.8 Å². The molecular formula is C30H32O5. The van der Waals surface area contributed by atoms with E-state index in [9.17, 15) is 14.7 Å². The number of carbonyl (C=O) groups excluding carboxylic acids is 1. The summed E-state index contributed by atoms with van der Waals surface area (Å²) in [7, 11) is 0. The van der Waals surface area contributed by atoms with Crippen LogP contribution in [0.4, 0.5) is 0 Å². The Labute approximate surface area is 205 Å². The fraction of sp³-hybridized carbons (Fsp3) is 0.333. The molecule has 2 aromatic carbocycles. The van der Waals surface area contributed by atoms with E-state index in [1.54, 1.807) is 0 Å². The van der Waals surface area contributed by atoms with Gasteiger partial charge in [0.25, 0.3) is 0 Å². The summed E-state index contributed by atoms with van der Waals surface area (Å²) >= 11 is 0. The van der Waals surface area contributed by atoms with Crippen LogP contribution >= 0.6 is 0 Å². The van der Waals surface area contributed by atoms with Gasteiger partial charge < -0.3 is 14.3 Å². The molecule has 0 spiro atoms. The van der Waals surface area contributed by atoms with Gasteiger partial charge in [0.15, 0.2) is 11.4 Å². The molecule has 0 saturated carbocycles. The molecule has 0 amide bonds. The molecule has 0 radical (unpaired) electrons. The molecule has 1 aliphatic rings. The summed E-state index contributed by atoms with van der Waals surface area (Å²) in [5.74, 6) is -0.454. The SMILES string of the molecule is CC[C@H](C)C(=O)c1c2c(c3oc(=O)cc(-c4ccccc4)c3c1O)C=C[C@@](C)(CCC=C(C)C)O2. The number of rotatable bonds is 7. The topological polar surface area (TPSA) is 76.7 Å². The molecular weight excluding hydrogens is 440 g/mol. The third kappa shape index (κ3) is 4.68. The molecule has 3 aromatic rings. The van der Waals surface area contributed by atoms with Crippen LogP contribution in [0.25, 0.3) is 28.2 Å². The van der Waals surface area contributed by atoms with Gasteiger partial charge in [-0.25, -0.2) is 4.79 Å². The lowest BCUT2D eigenvalue weighted by molar-refractivity contribution is 0.0902.